The zero-order chi connectivity index (χ0) is 12.5. The van der Waals surface area contributed by atoms with Crippen molar-refractivity contribution in [3.63, 3.8) is 0 Å². The highest BCUT2D eigenvalue weighted by Gasteiger charge is 2.17. The number of hydrogen-bond donors (Lipinski definition) is 1. The molecule has 2 aromatic rings. The van der Waals surface area contributed by atoms with Crippen molar-refractivity contribution in [2.24, 2.45) is 5.92 Å². The Morgan fingerprint density at radius 3 is 3.06 bits per heavy atom. The van der Waals surface area contributed by atoms with Gasteiger partial charge in [-0.15, -0.1) is 0 Å². The van der Waals surface area contributed by atoms with Crippen LogP contribution in [-0.4, -0.2) is 23.1 Å². The van der Waals surface area contributed by atoms with Crippen molar-refractivity contribution in [3.8, 4) is 0 Å². The van der Waals surface area contributed by atoms with Crippen LogP contribution < -0.4 is 5.32 Å². The first-order chi connectivity index (χ1) is 8.72. The van der Waals surface area contributed by atoms with Crippen LogP contribution >= 0.6 is 0 Å². The lowest BCUT2D eigenvalue weighted by Gasteiger charge is -2.09. The van der Waals surface area contributed by atoms with Gasteiger partial charge in [0.1, 0.15) is 11.6 Å². The van der Waals surface area contributed by atoms with E-state index < -0.39 is 0 Å². The van der Waals surface area contributed by atoms with Crippen molar-refractivity contribution in [2.45, 2.75) is 19.8 Å². The molecule has 1 unspecified atom stereocenters. The molecule has 0 aliphatic carbocycles. The molecular weight excluding hydrogens is 229 g/mol. The summed E-state index contributed by atoms with van der Waals surface area (Å²) in [4.78, 5) is 9.01. The van der Waals surface area contributed by atoms with Gasteiger partial charge in [-0.25, -0.2) is 14.4 Å². The van der Waals surface area contributed by atoms with E-state index >= 15 is 0 Å². The molecule has 1 aromatic heterocycles. The summed E-state index contributed by atoms with van der Waals surface area (Å²) < 4.78 is 13.2. The summed E-state index contributed by atoms with van der Waals surface area (Å²) in [6.45, 7) is 4.06. The third kappa shape index (κ3) is 2.20. The van der Waals surface area contributed by atoms with E-state index in [-0.39, 0.29) is 5.82 Å². The topological polar surface area (TPSA) is 37.8 Å². The normalized spacial score (nSPS) is 19.6. The summed E-state index contributed by atoms with van der Waals surface area (Å²) in [6.07, 6.45) is 2.05. The van der Waals surface area contributed by atoms with Gasteiger partial charge in [-0.2, -0.15) is 0 Å². The minimum absolute atomic E-state index is 0.242. The number of nitrogens with one attached hydrogen (secondary N) is 1. The van der Waals surface area contributed by atoms with E-state index in [2.05, 4.69) is 15.3 Å². The Kier molecular flexibility index (Phi) is 2.96. The van der Waals surface area contributed by atoms with Crippen molar-refractivity contribution in [2.75, 3.05) is 13.1 Å². The number of benzene rings is 1. The molecule has 3 rings (SSSR count). The lowest BCUT2D eigenvalue weighted by atomic mass is 10.0. The van der Waals surface area contributed by atoms with E-state index in [1.807, 2.05) is 6.92 Å². The maximum absolute atomic E-state index is 13.2. The highest BCUT2D eigenvalue weighted by molar-refractivity contribution is 5.80. The second-order valence-electron chi connectivity index (χ2n) is 4.95. The number of hydrogen-bond acceptors (Lipinski definition) is 3. The van der Waals surface area contributed by atoms with Gasteiger partial charge in [0.05, 0.1) is 5.52 Å². The maximum atomic E-state index is 13.2. The summed E-state index contributed by atoms with van der Waals surface area (Å²) in [5.74, 6) is 1.20. The fraction of sp³-hybridized carbons (Fsp3) is 0.429. The van der Waals surface area contributed by atoms with Crippen LogP contribution in [0.1, 0.15) is 17.9 Å². The van der Waals surface area contributed by atoms with Crippen molar-refractivity contribution in [3.05, 3.63) is 35.5 Å². The van der Waals surface area contributed by atoms with Gasteiger partial charge in [-0.3, -0.25) is 0 Å². The number of aryl methyl sites for hydroxylation is 1. The summed E-state index contributed by atoms with van der Waals surface area (Å²) in [6, 6.07) is 4.70. The van der Waals surface area contributed by atoms with Gasteiger partial charge >= 0.3 is 0 Å². The summed E-state index contributed by atoms with van der Waals surface area (Å²) in [7, 11) is 0. The van der Waals surface area contributed by atoms with Crippen molar-refractivity contribution in [1.82, 2.24) is 15.3 Å². The lowest BCUT2D eigenvalue weighted by molar-refractivity contribution is 0.562. The number of fused-ring (bicyclic) bond motifs is 1. The van der Waals surface area contributed by atoms with Crippen LogP contribution in [0, 0.1) is 18.7 Å². The van der Waals surface area contributed by atoms with Crippen molar-refractivity contribution < 1.29 is 4.39 Å². The molecule has 1 aliphatic rings. The predicted octanol–water partition coefficient (Wildman–Crippen LogP) is 2.23. The van der Waals surface area contributed by atoms with Crippen molar-refractivity contribution >= 4 is 10.9 Å². The number of nitrogens with zero attached hydrogens (tertiary/aromatic N) is 2. The third-order valence-corrected chi connectivity index (χ3v) is 3.53. The molecule has 1 aromatic carbocycles. The van der Waals surface area contributed by atoms with Gasteiger partial charge in [0.25, 0.3) is 0 Å². The molecule has 1 N–H and O–H groups in total. The van der Waals surface area contributed by atoms with Gasteiger partial charge in [0.2, 0.25) is 0 Å². The molecule has 1 saturated heterocycles. The molecule has 4 heteroatoms. The number of halogens is 1. The minimum Gasteiger partial charge on any atom is -0.316 e. The van der Waals surface area contributed by atoms with E-state index in [9.17, 15) is 4.39 Å². The Labute approximate surface area is 105 Å². The molecule has 2 heterocycles. The molecule has 0 spiro atoms. The van der Waals surface area contributed by atoms with E-state index in [1.165, 1.54) is 18.6 Å². The molecule has 18 heavy (non-hydrogen) atoms. The Morgan fingerprint density at radius 1 is 1.39 bits per heavy atom. The second-order valence-corrected chi connectivity index (χ2v) is 4.95. The number of aromatic nitrogens is 2. The molecule has 0 bridgehead atoms. The fourth-order valence-corrected chi connectivity index (χ4v) is 2.56. The van der Waals surface area contributed by atoms with Crippen LogP contribution in [0.2, 0.25) is 0 Å². The molecule has 0 saturated carbocycles. The average Bonchev–Trinajstić information content (AvgIpc) is 2.81. The second kappa shape index (κ2) is 4.61. The Hall–Kier alpha value is -1.55. The molecular formula is C14H16FN3. The minimum atomic E-state index is -0.242. The standard InChI is InChI=1S/C14H16FN3/c1-9-12-3-2-11(15)7-13(12)18-14(17-9)6-10-4-5-16-8-10/h2-3,7,10,16H,4-6,8H2,1H3. The molecule has 1 atom stereocenters. The lowest BCUT2D eigenvalue weighted by Crippen LogP contribution is -2.12. The zero-order valence-electron chi connectivity index (χ0n) is 10.4. The van der Waals surface area contributed by atoms with Gasteiger partial charge in [0, 0.05) is 23.6 Å². The molecule has 94 valence electrons. The monoisotopic (exact) mass is 245 g/mol. The molecule has 0 radical (unpaired) electrons. The fourth-order valence-electron chi connectivity index (χ4n) is 2.56. The van der Waals surface area contributed by atoms with Crippen LogP contribution in [0.4, 0.5) is 4.39 Å². The van der Waals surface area contributed by atoms with E-state index in [4.69, 9.17) is 0 Å². The van der Waals surface area contributed by atoms with Gasteiger partial charge in [0.15, 0.2) is 0 Å². The van der Waals surface area contributed by atoms with Gasteiger partial charge in [-0.05, 0) is 44.5 Å². The smallest absolute Gasteiger partial charge is 0.129 e. The van der Waals surface area contributed by atoms with E-state index in [1.54, 1.807) is 6.07 Å². The predicted molar refractivity (Wildman–Crippen MR) is 68.9 cm³/mol. The average molecular weight is 245 g/mol. The summed E-state index contributed by atoms with van der Waals surface area (Å²) >= 11 is 0. The molecule has 3 nitrogen and oxygen atoms in total. The first-order valence-electron chi connectivity index (χ1n) is 6.36. The summed E-state index contributed by atoms with van der Waals surface area (Å²) in [5, 5.41) is 4.27. The quantitative estimate of drug-likeness (QED) is 0.881. The number of rotatable bonds is 2. The van der Waals surface area contributed by atoms with E-state index in [0.717, 1.165) is 36.4 Å². The van der Waals surface area contributed by atoms with Gasteiger partial charge < -0.3 is 5.32 Å². The highest BCUT2D eigenvalue weighted by Crippen LogP contribution is 2.19. The Balaban J connectivity index is 1.97. The highest BCUT2D eigenvalue weighted by atomic mass is 19.1. The largest absolute Gasteiger partial charge is 0.316 e. The third-order valence-electron chi connectivity index (χ3n) is 3.53. The first-order valence-corrected chi connectivity index (χ1v) is 6.36. The Bertz CT molecular complexity index is 577. The SMILES string of the molecule is Cc1nc(CC2CCNC2)nc2cc(F)ccc12. The van der Waals surface area contributed by atoms with Crippen molar-refractivity contribution in [1.29, 1.82) is 0 Å². The van der Waals surface area contributed by atoms with Crippen LogP contribution in [0.5, 0.6) is 0 Å². The molecule has 1 aliphatic heterocycles. The van der Waals surface area contributed by atoms with E-state index in [0.29, 0.717) is 11.4 Å². The maximum Gasteiger partial charge on any atom is 0.129 e. The van der Waals surface area contributed by atoms with Crippen LogP contribution in [-0.2, 0) is 6.42 Å². The zero-order valence-corrected chi connectivity index (χ0v) is 10.4. The summed E-state index contributed by atoms with van der Waals surface area (Å²) in [5.41, 5.74) is 1.64. The van der Waals surface area contributed by atoms with Crippen LogP contribution in [0.15, 0.2) is 18.2 Å². The van der Waals surface area contributed by atoms with Crippen LogP contribution in [0.25, 0.3) is 10.9 Å². The molecule has 0 amide bonds. The first kappa shape index (κ1) is 11.5. The Morgan fingerprint density at radius 2 is 2.28 bits per heavy atom. The molecule has 1 fully saturated rings. The van der Waals surface area contributed by atoms with Crippen LogP contribution in [0.3, 0.4) is 0 Å². The van der Waals surface area contributed by atoms with Gasteiger partial charge in [-0.1, -0.05) is 0 Å².